The zero-order chi connectivity index (χ0) is 22.2. The molecule has 1 aliphatic heterocycles. The van der Waals surface area contributed by atoms with Crippen LogP contribution in [0.3, 0.4) is 0 Å². The number of halogens is 6. The van der Waals surface area contributed by atoms with Gasteiger partial charge in [-0.25, -0.2) is 0 Å². The van der Waals surface area contributed by atoms with E-state index in [1.807, 2.05) is 13.8 Å². The van der Waals surface area contributed by atoms with Gasteiger partial charge in [0.25, 0.3) is 0 Å². The molecule has 1 amide bonds. The summed E-state index contributed by atoms with van der Waals surface area (Å²) in [5, 5.41) is 1.31. The molecule has 0 unspecified atom stereocenters. The minimum Gasteiger partial charge on any atom is -0.338 e. The van der Waals surface area contributed by atoms with Crippen LogP contribution in [0.25, 0.3) is 0 Å². The number of rotatable bonds is 4. The van der Waals surface area contributed by atoms with Crippen LogP contribution in [0.4, 0.5) is 13.2 Å². The Morgan fingerprint density at radius 3 is 2.37 bits per heavy atom. The van der Waals surface area contributed by atoms with Gasteiger partial charge in [0, 0.05) is 35.8 Å². The van der Waals surface area contributed by atoms with Crippen LogP contribution in [-0.4, -0.2) is 22.3 Å². The normalized spacial score (nSPS) is 14.1. The number of hydrogen-bond acceptors (Lipinski definition) is 2. The predicted octanol–water partition coefficient (Wildman–Crippen LogP) is 6.59. The molecule has 1 aliphatic rings. The van der Waals surface area contributed by atoms with Crippen molar-refractivity contribution in [1.82, 2.24) is 9.88 Å². The molecule has 3 nitrogen and oxygen atoms in total. The first-order valence-corrected chi connectivity index (χ1v) is 10.6. The molecule has 0 N–H and O–H groups in total. The van der Waals surface area contributed by atoms with Crippen molar-refractivity contribution in [3.05, 3.63) is 60.8 Å². The zero-order valence-corrected chi connectivity index (χ0v) is 18.7. The summed E-state index contributed by atoms with van der Waals surface area (Å²) in [4.78, 5) is 18.2. The molecule has 0 saturated heterocycles. The number of carbonyl (C=O) groups is 1. The van der Waals surface area contributed by atoms with Gasteiger partial charge in [-0.15, -0.1) is 0 Å². The maximum absolute atomic E-state index is 12.7. The fourth-order valence-corrected chi connectivity index (χ4v) is 4.50. The van der Waals surface area contributed by atoms with Crippen LogP contribution in [0.2, 0.25) is 15.1 Å². The van der Waals surface area contributed by atoms with Crippen LogP contribution in [0, 0.1) is 13.8 Å². The molecule has 30 heavy (non-hydrogen) atoms. The fraction of sp³-hybridized carbons (Fsp3) is 0.429. The van der Waals surface area contributed by atoms with Crippen molar-refractivity contribution in [1.29, 1.82) is 0 Å². The molecule has 1 aromatic carbocycles. The zero-order valence-electron chi connectivity index (χ0n) is 16.5. The van der Waals surface area contributed by atoms with Gasteiger partial charge in [-0.1, -0.05) is 34.8 Å². The Kier molecular flexibility index (Phi) is 6.90. The number of hydrogen-bond donors (Lipinski definition) is 0. The Hall–Kier alpha value is -1.50. The first kappa shape index (κ1) is 23.2. The van der Waals surface area contributed by atoms with Gasteiger partial charge in [-0.3, -0.25) is 9.78 Å². The lowest BCUT2D eigenvalue weighted by atomic mass is 9.94. The minimum atomic E-state index is -4.49. The third-order valence-corrected chi connectivity index (χ3v) is 6.85. The Morgan fingerprint density at radius 1 is 1.13 bits per heavy atom. The number of alkyl halides is 3. The van der Waals surface area contributed by atoms with E-state index in [1.165, 1.54) is 0 Å². The standard InChI is InChI=1S/C21H20Cl3F3N2O/c1-11-12(2)20(24)15-10-29(7-6-14(15)19(11)23)18(30)5-3-4-17-16(22)8-13(9-28-17)21(25,26)27/h8-9H,3-7,10H2,1-2H3. The Balaban J connectivity index is 1.62. The van der Waals surface area contributed by atoms with Crippen LogP contribution in [0.5, 0.6) is 0 Å². The largest absolute Gasteiger partial charge is 0.417 e. The highest BCUT2D eigenvalue weighted by atomic mass is 35.5. The second-order valence-corrected chi connectivity index (χ2v) is 8.57. The number of amides is 1. The van der Waals surface area contributed by atoms with Crippen molar-refractivity contribution >= 4 is 40.7 Å². The number of aromatic nitrogens is 1. The molecule has 0 radical (unpaired) electrons. The molecular formula is C21H20Cl3F3N2O. The molecule has 2 heterocycles. The lowest BCUT2D eigenvalue weighted by Gasteiger charge is -2.31. The molecule has 3 rings (SSSR count). The van der Waals surface area contributed by atoms with Crippen molar-refractivity contribution in [2.75, 3.05) is 6.54 Å². The molecule has 0 atom stereocenters. The maximum atomic E-state index is 12.7. The number of pyridine rings is 1. The highest BCUT2D eigenvalue weighted by molar-refractivity contribution is 6.35. The molecule has 0 spiro atoms. The van der Waals surface area contributed by atoms with Gasteiger partial charge in [0.1, 0.15) is 0 Å². The van der Waals surface area contributed by atoms with Crippen LogP contribution >= 0.6 is 34.8 Å². The van der Waals surface area contributed by atoms with E-state index in [-0.39, 0.29) is 17.4 Å². The average Bonchev–Trinajstić information content (AvgIpc) is 2.70. The van der Waals surface area contributed by atoms with Gasteiger partial charge in [0.2, 0.25) is 5.91 Å². The number of aryl methyl sites for hydroxylation is 1. The molecule has 1 aromatic heterocycles. The van der Waals surface area contributed by atoms with E-state index in [1.54, 1.807) is 4.90 Å². The topological polar surface area (TPSA) is 33.2 Å². The molecule has 9 heteroatoms. The predicted molar refractivity (Wildman–Crippen MR) is 112 cm³/mol. The van der Waals surface area contributed by atoms with Crippen LogP contribution in [0.15, 0.2) is 12.3 Å². The van der Waals surface area contributed by atoms with Crippen LogP contribution < -0.4 is 0 Å². The smallest absolute Gasteiger partial charge is 0.338 e. The van der Waals surface area contributed by atoms with Crippen LogP contribution in [0.1, 0.15) is 46.4 Å². The fourth-order valence-electron chi connectivity index (χ4n) is 3.57. The Bertz CT molecular complexity index is 993. The van der Waals surface area contributed by atoms with E-state index in [0.717, 1.165) is 34.5 Å². The van der Waals surface area contributed by atoms with Gasteiger partial charge >= 0.3 is 6.18 Å². The lowest BCUT2D eigenvalue weighted by molar-refractivity contribution is -0.137. The third-order valence-electron chi connectivity index (χ3n) is 5.50. The van der Waals surface area contributed by atoms with Crippen molar-refractivity contribution in [3.8, 4) is 0 Å². The van der Waals surface area contributed by atoms with E-state index in [0.29, 0.717) is 48.1 Å². The summed E-state index contributed by atoms with van der Waals surface area (Å²) >= 11 is 18.9. The summed E-state index contributed by atoms with van der Waals surface area (Å²) in [7, 11) is 0. The van der Waals surface area contributed by atoms with E-state index >= 15 is 0 Å². The lowest BCUT2D eigenvalue weighted by Crippen LogP contribution is -2.36. The number of benzene rings is 1. The molecule has 0 saturated carbocycles. The van der Waals surface area contributed by atoms with Crippen molar-refractivity contribution in [2.24, 2.45) is 0 Å². The van der Waals surface area contributed by atoms with E-state index in [4.69, 9.17) is 34.8 Å². The van der Waals surface area contributed by atoms with Gasteiger partial charge in [0.05, 0.1) is 16.3 Å². The number of fused-ring (bicyclic) bond motifs is 1. The van der Waals surface area contributed by atoms with Gasteiger partial charge < -0.3 is 4.90 Å². The first-order valence-electron chi connectivity index (χ1n) is 9.46. The summed E-state index contributed by atoms with van der Waals surface area (Å²) in [6.45, 7) is 4.78. The third kappa shape index (κ3) is 4.71. The molecular weight excluding hydrogens is 460 g/mol. The van der Waals surface area contributed by atoms with Gasteiger partial charge in [-0.05, 0) is 61.4 Å². The Labute approximate surface area is 188 Å². The molecule has 0 aliphatic carbocycles. The second-order valence-electron chi connectivity index (χ2n) is 7.40. The summed E-state index contributed by atoms with van der Waals surface area (Å²) in [6, 6.07) is 0.864. The van der Waals surface area contributed by atoms with Crippen LogP contribution in [-0.2, 0) is 30.4 Å². The monoisotopic (exact) mass is 478 g/mol. The van der Waals surface area contributed by atoms with Gasteiger partial charge in [-0.2, -0.15) is 13.2 Å². The van der Waals surface area contributed by atoms with Gasteiger partial charge in [0.15, 0.2) is 0 Å². The molecule has 2 aromatic rings. The SMILES string of the molecule is Cc1c(C)c(Cl)c2c(c1Cl)CCN(C(=O)CCCc1ncc(C(F)(F)F)cc1Cl)C2. The van der Waals surface area contributed by atoms with Crippen molar-refractivity contribution in [2.45, 2.75) is 52.3 Å². The van der Waals surface area contributed by atoms with E-state index in [9.17, 15) is 18.0 Å². The maximum Gasteiger partial charge on any atom is 0.417 e. The summed E-state index contributed by atoms with van der Waals surface area (Å²) in [5.74, 6) is -0.0471. The van der Waals surface area contributed by atoms with Crippen molar-refractivity contribution < 1.29 is 18.0 Å². The van der Waals surface area contributed by atoms with E-state index in [2.05, 4.69) is 4.98 Å². The second kappa shape index (κ2) is 8.93. The minimum absolute atomic E-state index is 0.0450. The summed E-state index contributed by atoms with van der Waals surface area (Å²) in [5.41, 5.74) is 3.22. The highest BCUT2D eigenvalue weighted by Gasteiger charge is 2.31. The summed E-state index contributed by atoms with van der Waals surface area (Å²) in [6.07, 6.45) is -2.10. The Morgan fingerprint density at radius 2 is 1.77 bits per heavy atom. The summed E-state index contributed by atoms with van der Waals surface area (Å²) < 4.78 is 38.1. The number of carbonyl (C=O) groups excluding carboxylic acids is 1. The molecule has 0 fully saturated rings. The molecule has 162 valence electrons. The highest BCUT2D eigenvalue weighted by Crippen LogP contribution is 2.37. The molecule has 0 bridgehead atoms. The van der Waals surface area contributed by atoms with Crippen molar-refractivity contribution in [3.63, 3.8) is 0 Å². The average molecular weight is 480 g/mol. The first-order chi connectivity index (χ1) is 14.0. The quantitative estimate of drug-likeness (QED) is 0.496. The van der Waals surface area contributed by atoms with E-state index < -0.39 is 11.7 Å². The number of nitrogens with zero attached hydrogens (tertiary/aromatic N) is 2.